The Morgan fingerprint density at radius 2 is 1.87 bits per heavy atom. The molecule has 1 atom stereocenters. The topological polar surface area (TPSA) is 42.4 Å². The van der Waals surface area contributed by atoms with Crippen LogP contribution in [0.1, 0.15) is 44.7 Å². The van der Waals surface area contributed by atoms with Crippen molar-refractivity contribution in [1.29, 1.82) is 5.41 Å². The van der Waals surface area contributed by atoms with Crippen LogP contribution in [0.25, 0.3) is 0 Å². The van der Waals surface area contributed by atoms with Crippen molar-refractivity contribution in [2.24, 2.45) is 0 Å². The van der Waals surface area contributed by atoms with E-state index >= 15 is 0 Å². The zero-order chi connectivity index (χ0) is 21.6. The van der Waals surface area contributed by atoms with Crippen molar-refractivity contribution in [1.82, 2.24) is 15.1 Å². The van der Waals surface area contributed by atoms with Crippen LogP contribution in [-0.4, -0.2) is 28.6 Å². The summed E-state index contributed by atoms with van der Waals surface area (Å²) in [7, 11) is 2.00. The van der Waals surface area contributed by atoms with Crippen LogP contribution in [0.3, 0.4) is 0 Å². The highest BCUT2D eigenvalue weighted by Crippen LogP contribution is 2.46. The minimum Gasteiger partial charge on any atom is -0.385 e. The SMILES string of the molecule is C=C1C(C)=CC(N2C(=C)C(=N)/C(=C(/CC)NC3CC3)C2c2ccc(Cl)cc2)=CN1C. The molecule has 2 fully saturated rings. The molecule has 0 spiro atoms. The summed E-state index contributed by atoms with van der Waals surface area (Å²) in [6.07, 6.45) is 7.44. The molecule has 5 heteroatoms. The Morgan fingerprint density at radius 3 is 2.43 bits per heavy atom. The summed E-state index contributed by atoms with van der Waals surface area (Å²) in [4.78, 5) is 4.21. The number of likely N-dealkylation sites (N-methyl/N-ethyl adjacent to an activating group) is 1. The largest absolute Gasteiger partial charge is 0.385 e. The van der Waals surface area contributed by atoms with Crippen molar-refractivity contribution in [2.45, 2.75) is 45.2 Å². The fourth-order valence-electron chi connectivity index (χ4n) is 4.15. The van der Waals surface area contributed by atoms with Gasteiger partial charge < -0.3 is 15.1 Å². The molecule has 0 amide bonds. The predicted octanol–water partition coefficient (Wildman–Crippen LogP) is 5.89. The predicted molar refractivity (Wildman–Crippen MR) is 125 cm³/mol. The molecule has 1 unspecified atom stereocenters. The van der Waals surface area contributed by atoms with Crippen molar-refractivity contribution in [3.8, 4) is 0 Å². The molecular weight excluding hydrogens is 392 g/mol. The van der Waals surface area contributed by atoms with Crippen LogP contribution < -0.4 is 5.32 Å². The second-order valence-electron chi connectivity index (χ2n) is 8.25. The standard InChI is InChI=1S/C25H29ClN4/c1-6-22(28-20-11-12-20)23-24(27)17(4)30(21-13-15(2)16(3)29(5)14-21)25(23)18-7-9-19(26)10-8-18/h7-10,13-14,20,25,27-28H,3-4,6,11-12H2,1-2,5H3/b23-22+,27-24?. The summed E-state index contributed by atoms with van der Waals surface area (Å²) in [5.41, 5.74) is 7.55. The van der Waals surface area contributed by atoms with Gasteiger partial charge in [0, 0.05) is 41.3 Å². The van der Waals surface area contributed by atoms with Crippen LogP contribution >= 0.6 is 11.6 Å². The van der Waals surface area contributed by atoms with Gasteiger partial charge in [0.15, 0.2) is 0 Å². The van der Waals surface area contributed by atoms with Gasteiger partial charge in [0.1, 0.15) is 0 Å². The van der Waals surface area contributed by atoms with Gasteiger partial charge in [0.2, 0.25) is 0 Å². The molecule has 2 N–H and O–H groups in total. The van der Waals surface area contributed by atoms with E-state index in [-0.39, 0.29) is 6.04 Å². The third-order valence-electron chi connectivity index (χ3n) is 6.05. The van der Waals surface area contributed by atoms with E-state index in [0.717, 1.165) is 40.2 Å². The first-order chi connectivity index (χ1) is 14.3. The molecule has 2 heterocycles. The van der Waals surface area contributed by atoms with Crippen molar-refractivity contribution in [3.63, 3.8) is 0 Å². The van der Waals surface area contributed by atoms with E-state index in [1.165, 1.54) is 12.8 Å². The maximum absolute atomic E-state index is 8.98. The zero-order valence-electron chi connectivity index (χ0n) is 17.9. The van der Waals surface area contributed by atoms with Gasteiger partial charge in [0.05, 0.1) is 23.1 Å². The average molecular weight is 421 g/mol. The van der Waals surface area contributed by atoms with Gasteiger partial charge in [-0.15, -0.1) is 0 Å². The van der Waals surface area contributed by atoms with Gasteiger partial charge in [-0.25, -0.2) is 0 Å². The van der Waals surface area contributed by atoms with Crippen LogP contribution in [-0.2, 0) is 0 Å². The number of likely N-dealkylation sites (tertiary alicyclic amines) is 1. The van der Waals surface area contributed by atoms with Gasteiger partial charge in [-0.3, -0.25) is 5.41 Å². The fourth-order valence-corrected chi connectivity index (χ4v) is 4.28. The van der Waals surface area contributed by atoms with Crippen LogP contribution in [0.5, 0.6) is 0 Å². The lowest BCUT2D eigenvalue weighted by molar-refractivity contribution is 0.394. The van der Waals surface area contributed by atoms with Gasteiger partial charge in [-0.05, 0) is 55.5 Å². The molecule has 0 bridgehead atoms. The van der Waals surface area contributed by atoms with Crippen molar-refractivity contribution < 1.29 is 0 Å². The highest BCUT2D eigenvalue weighted by atomic mass is 35.5. The molecule has 3 aliphatic rings. The minimum absolute atomic E-state index is 0.126. The molecule has 1 saturated carbocycles. The lowest BCUT2D eigenvalue weighted by Gasteiger charge is -2.33. The molecule has 1 aliphatic carbocycles. The van der Waals surface area contributed by atoms with E-state index in [9.17, 15) is 0 Å². The van der Waals surface area contributed by atoms with Crippen molar-refractivity contribution in [2.75, 3.05) is 7.05 Å². The van der Waals surface area contributed by atoms with Crippen LogP contribution in [0, 0.1) is 5.41 Å². The second-order valence-corrected chi connectivity index (χ2v) is 8.69. The summed E-state index contributed by atoms with van der Waals surface area (Å²) >= 11 is 6.18. The van der Waals surface area contributed by atoms with Gasteiger partial charge in [0.25, 0.3) is 0 Å². The quantitative estimate of drug-likeness (QED) is 0.623. The monoisotopic (exact) mass is 420 g/mol. The molecular formula is C25H29ClN4. The van der Waals surface area contributed by atoms with Crippen molar-refractivity contribution >= 4 is 17.3 Å². The highest BCUT2D eigenvalue weighted by molar-refractivity contribution is 6.30. The maximum Gasteiger partial charge on any atom is 0.0884 e. The molecule has 4 rings (SSSR count). The molecule has 1 aromatic carbocycles. The average Bonchev–Trinajstić information content (AvgIpc) is 3.50. The number of halogens is 1. The van der Waals surface area contributed by atoms with Crippen molar-refractivity contribution in [3.05, 3.63) is 94.2 Å². The number of nitrogens with one attached hydrogen (secondary N) is 2. The Hall–Kier alpha value is -2.72. The summed E-state index contributed by atoms with van der Waals surface area (Å²) in [5.74, 6) is 0. The highest BCUT2D eigenvalue weighted by Gasteiger charge is 2.41. The van der Waals surface area contributed by atoms with Crippen LogP contribution in [0.2, 0.25) is 5.02 Å². The smallest absolute Gasteiger partial charge is 0.0884 e. The van der Waals surface area contributed by atoms with E-state index in [2.05, 4.69) is 61.6 Å². The molecule has 2 aliphatic heterocycles. The number of allylic oxidation sites excluding steroid dienone is 4. The number of hydrogen-bond donors (Lipinski definition) is 2. The Kier molecular flexibility index (Phi) is 5.37. The van der Waals surface area contributed by atoms with Crippen LogP contribution in [0.15, 0.2) is 83.6 Å². The molecule has 1 aromatic rings. The Bertz CT molecular complexity index is 1010. The van der Waals surface area contributed by atoms with Gasteiger partial charge in [-0.1, -0.05) is 43.8 Å². The molecule has 0 aromatic heterocycles. The van der Waals surface area contributed by atoms with Crippen LogP contribution in [0.4, 0.5) is 0 Å². The fraction of sp³-hybridized carbons (Fsp3) is 0.320. The van der Waals surface area contributed by atoms with E-state index in [0.29, 0.717) is 22.5 Å². The van der Waals surface area contributed by atoms with E-state index in [1.807, 2.05) is 24.1 Å². The first-order valence-electron chi connectivity index (χ1n) is 10.5. The van der Waals surface area contributed by atoms with E-state index in [1.54, 1.807) is 0 Å². The number of hydrogen-bond acceptors (Lipinski definition) is 4. The lowest BCUT2D eigenvalue weighted by Crippen LogP contribution is -2.27. The number of rotatable bonds is 5. The van der Waals surface area contributed by atoms with Gasteiger partial charge in [-0.2, -0.15) is 0 Å². The molecule has 30 heavy (non-hydrogen) atoms. The summed E-state index contributed by atoms with van der Waals surface area (Å²) in [6, 6.07) is 8.35. The second kappa shape index (κ2) is 7.84. The Labute approximate surface area is 184 Å². The van der Waals surface area contributed by atoms with E-state index in [4.69, 9.17) is 17.0 Å². The first-order valence-corrected chi connectivity index (χ1v) is 10.8. The first kappa shape index (κ1) is 20.5. The van der Waals surface area contributed by atoms with Gasteiger partial charge >= 0.3 is 0 Å². The molecule has 0 radical (unpaired) electrons. The number of nitrogens with zero attached hydrogens (tertiary/aromatic N) is 2. The number of benzene rings is 1. The molecule has 156 valence electrons. The summed E-state index contributed by atoms with van der Waals surface area (Å²) in [6.45, 7) is 12.7. The normalized spacial score (nSPS) is 23.6. The Balaban J connectivity index is 1.88. The summed E-state index contributed by atoms with van der Waals surface area (Å²) in [5, 5.41) is 13.4. The molecule has 4 nitrogen and oxygen atoms in total. The lowest BCUT2D eigenvalue weighted by atomic mass is 9.95. The maximum atomic E-state index is 8.98. The molecule has 1 saturated heterocycles. The van der Waals surface area contributed by atoms with E-state index < -0.39 is 0 Å². The third-order valence-corrected chi connectivity index (χ3v) is 6.30. The Morgan fingerprint density at radius 1 is 1.20 bits per heavy atom. The zero-order valence-corrected chi connectivity index (χ0v) is 18.7. The summed E-state index contributed by atoms with van der Waals surface area (Å²) < 4.78 is 0. The third kappa shape index (κ3) is 3.61. The minimum atomic E-state index is -0.126.